The Hall–Kier alpha value is -1.25. The highest BCUT2D eigenvalue weighted by Crippen LogP contribution is 2.38. The number of amides is 1. The molecule has 1 aromatic heterocycles. The van der Waals surface area contributed by atoms with Gasteiger partial charge in [-0.25, -0.2) is 0 Å². The number of hydrogen-bond acceptors (Lipinski definition) is 1. The number of rotatable bonds is 5. The van der Waals surface area contributed by atoms with Gasteiger partial charge in [0.05, 0.1) is 5.56 Å². The average Bonchev–Trinajstić information content (AvgIpc) is 3.05. The van der Waals surface area contributed by atoms with Gasteiger partial charge in [0.1, 0.15) is 0 Å². The van der Waals surface area contributed by atoms with Gasteiger partial charge in [0.25, 0.3) is 5.91 Å². The molecule has 0 aromatic carbocycles. The third kappa shape index (κ3) is 2.77. The Balaban J connectivity index is 2.04. The fourth-order valence-corrected chi connectivity index (χ4v) is 2.47. The molecule has 1 aliphatic carbocycles. The minimum absolute atomic E-state index is 0.0793. The molecule has 0 atom stereocenters. The maximum absolute atomic E-state index is 12.1. The first-order valence-corrected chi connectivity index (χ1v) is 6.97. The second-order valence-electron chi connectivity index (χ2n) is 5.82. The summed E-state index contributed by atoms with van der Waals surface area (Å²) in [6, 6.07) is 2.67. The number of nitrogens with zero attached hydrogens (tertiary/aromatic N) is 1. The molecule has 18 heavy (non-hydrogen) atoms. The van der Waals surface area contributed by atoms with Crippen LogP contribution in [-0.4, -0.2) is 17.0 Å². The number of carbonyl (C=O) groups is 1. The minimum Gasteiger partial charge on any atom is -0.352 e. The quantitative estimate of drug-likeness (QED) is 0.853. The first-order chi connectivity index (χ1) is 8.50. The van der Waals surface area contributed by atoms with Crippen molar-refractivity contribution in [1.82, 2.24) is 9.88 Å². The first kappa shape index (κ1) is 13.2. The van der Waals surface area contributed by atoms with Crippen LogP contribution in [0.1, 0.15) is 60.9 Å². The highest BCUT2D eigenvalue weighted by Gasteiger charge is 2.28. The number of nitrogens with one attached hydrogen (secondary N) is 1. The summed E-state index contributed by atoms with van der Waals surface area (Å²) in [5.74, 6) is 0.708. The highest BCUT2D eigenvalue weighted by atomic mass is 16.1. The Morgan fingerprint density at radius 1 is 1.44 bits per heavy atom. The SMILES string of the molecule is Cc1cc(C(=O)NCCC(C)C)c(C)n1C1CC1. The van der Waals surface area contributed by atoms with E-state index in [0.29, 0.717) is 12.0 Å². The van der Waals surface area contributed by atoms with Gasteiger partial charge in [-0.1, -0.05) is 13.8 Å². The van der Waals surface area contributed by atoms with Crippen LogP contribution in [0.15, 0.2) is 6.07 Å². The third-order valence-electron chi connectivity index (χ3n) is 3.65. The molecule has 0 unspecified atom stereocenters. The van der Waals surface area contributed by atoms with E-state index in [1.54, 1.807) is 0 Å². The van der Waals surface area contributed by atoms with Gasteiger partial charge < -0.3 is 9.88 Å². The molecule has 0 bridgehead atoms. The highest BCUT2D eigenvalue weighted by molar-refractivity contribution is 5.95. The van der Waals surface area contributed by atoms with Crippen LogP contribution in [0.4, 0.5) is 0 Å². The molecule has 1 aliphatic rings. The summed E-state index contributed by atoms with van der Waals surface area (Å²) in [6.45, 7) is 9.26. The number of aromatic nitrogens is 1. The van der Waals surface area contributed by atoms with E-state index < -0.39 is 0 Å². The largest absolute Gasteiger partial charge is 0.352 e. The summed E-state index contributed by atoms with van der Waals surface area (Å²) in [5, 5.41) is 3.02. The van der Waals surface area contributed by atoms with Gasteiger partial charge in [-0.05, 0) is 45.1 Å². The lowest BCUT2D eigenvalue weighted by molar-refractivity contribution is 0.0951. The predicted octanol–water partition coefficient (Wildman–Crippen LogP) is 3.22. The Morgan fingerprint density at radius 3 is 2.67 bits per heavy atom. The van der Waals surface area contributed by atoms with E-state index in [4.69, 9.17) is 0 Å². The van der Waals surface area contributed by atoms with Crippen molar-refractivity contribution in [1.29, 1.82) is 0 Å². The summed E-state index contributed by atoms with van der Waals surface area (Å²) in [5.41, 5.74) is 3.18. The topological polar surface area (TPSA) is 34.0 Å². The fraction of sp³-hybridized carbons (Fsp3) is 0.667. The van der Waals surface area contributed by atoms with Crippen LogP contribution in [0.25, 0.3) is 0 Å². The third-order valence-corrected chi connectivity index (χ3v) is 3.65. The number of hydrogen-bond donors (Lipinski definition) is 1. The lowest BCUT2D eigenvalue weighted by Gasteiger charge is -2.09. The summed E-state index contributed by atoms with van der Waals surface area (Å²) in [6.07, 6.45) is 3.54. The predicted molar refractivity (Wildman–Crippen MR) is 74.0 cm³/mol. The Labute approximate surface area is 110 Å². The zero-order valence-electron chi connectivity index (χ0n) is 11.9. The van der Waals surface area contributed by atoms with Crippen LogP contribution < -0.4 is 5.32 Å². The van der Waals surface area contributed by atoms with Gasteiger partial charge in [0.2, 0.25) is 0 Å². The molecule has 1 aromatic rings. The Bertz CT molecular complexity index is 442. The van der Waals surface area contributed by atoms with E-state index in [9.17, 15) is 4.79 Å². The maximum atomic E-state index is 12.1. The lowest BCUT2D eigenvalue weighted by atomic mass is 10.1. The fourth-order valence-electron chi connectivity index (χ4n) is 2.47. The van der Waals surface area contributed by atoms with Crippen LogP contribution in [0.3, 0.4) is 0 Å². The van der Waals surface area contributed by atoms with E-state index in [1.807, 2.05) is 6.07 Å². The molecule has 1 amide bonds. The molecule has 1 heterocycles. The molecule has 3 nitrogen and oxygen atoms in total. The monoisotopic (exact) mass is 248 g/mol. The minimum atomic E-state index is 0.0793. The van der Waals surface area contributed by atoms with Crippen molar-refractivity contribution in [2.75, 3.05) is 6.54 Å². The van der Waals surface area contributed by atoms with Gasteiger partial charge in [0, 0.05) is 24.0 Å². The second kappa shape index (κ2) is 5.17. The van der Waals surface area contributed by atoms with Crippen LogP contribution in [0.5, 0.6) is 0 Å². The smallest absolute Gasteiger partial charge is 0.253 e. The molecule has 0 saturated heterocycles. The zero-order valence-corrected chi connectivity index (χ0v) is 11.9. The van der Waals surface area contributed by atoms with Crippen LogP contribution in [0.2, 0.25) is 0 Å². The van der Waals surface area contributed by atoms with Gasteiger partial charge in [-0.2, -0.15) is 0 Å². The molecular formula is C15H24N2O. The first-order valence-electron chi connectivity index (χ1n) is 6.97. The average molecular weight is 248 g/mol. The van der Waals surface area contributed by atoms with Gasteiger partial charge >= 0.3 is 0 Å². The van der Waals surface area contributed by atoms with E-state index in [1.165, 1.54) is 18.5 Å². The summed E-state index contributed by atoms with van der Waals surface area (Å²) in [7, 11) is 0. The van der Waals surface area contributed by atoms with Crippen molar-refractivity contribution in [3.8, 4) is 0 Å². The van der Waals surface area contributed by atoms with Gasteiger partial charge in [0.15, 0.2) is 0 Å². The normalized spacial score (nSPS) is 15.2. The molecule has 100 valence electrons. The van der Waals surface area contributed by atoms with Crippen molar-refractivity contribution in [2.45, 2.75) is 53.0 Å². The van der Waals surface area contributed by atoms with Gasteiger partial charge in [-0.3, -0.25) is 4.79 Å². The zero-order chi connectivity index (χ0) is 13.3. The van der Waals surface area contributed by atoms with E-state index >= 15 is 0 Å². The molecular weight excluding hydrogens is 224 g/mol. The van der Waals surface area contributed by atoms with Crippen LogP contribution >= 0.6 is 0 Å². The van der Waals surface area contributed by atoms with Crippen molar-refractivity contribution in [3.05, 3.63) is 23.0 Å². The lowest BCUT2D eigenvalue weighted by Crippen LogP contribution is -2.25. The molecule has 1 fully saturated rings. The number of carbonyl (C=O) groups excluding carboxylic acids is 1. The van der Waals surface area contributed by atoms with Crippen LogP contribution in [0, 0.1) is 19.8 Å². The summed E-state index contributed by atoms with van der Waals surface area (Å²) in [4.78, 5) is 12.1. The van der Waals surface area contributed by atoms with Crippen molar-refractivity contribution in [2.24, 2.45) is 5.92 Å². The molecule has 0 spiro atoms. The van der Waals surface area contributed by atoms with Crippen molar-refractivity contribution >= 4 is 5.91 Å². The molecule has 1 N–H and O–H groups in total. The molecule has 0 radical (unpaired) electrons. The maximum Gasteiger partial charge on any atom is 0.253 e. The van der Waals surface area contributed by atoms with Crippen molar-refractivity contribution < 1.29 is 4.79 Å². The standard InChI is InChI=1S/C15H24N2O/c1-10(2)7-8-16-15(18)14-9-11(3)17(12(14)4)13-5-6-13/h9-10,13H,5-8H2,1-4H3,(H,16,18). The molecule has 2 rings (SSSR count). The molecule has 0 aliphatic heterocycles. The second-order valence-corrected chi connectivity index (χ2v) is 5.82. The van der Waals surface area contributed by atoms with Crippen molar-refractivity contribution in [3.63, 3.8) is 0 Å². The van der Waals surface area contributed by atoms with Crippen LogP contribution in [-0.2, 0) is 0 Å². The summed E-state index contributed by atoms with van der Waals surface area (Å²) >= 11 is 0. The Morgan fingerprint density at radius 2 is 2.11 bits per heavy atom. The number of aryl methyl sites for hydroxylation is 1. The molecule has 1 saturated carbocycles. The van der Waals surface area contributed by atoms with E-state index in [0.717, 1.165) is 24.2 Å². The van der Waals surface area contributed by atoms with E-state index in [2.05, 4.69) is 37.6 Å². The molecule has 3 heteroatoms. The van der Waals surface area contributed by atoms with E-state index in [-0.39, 0.29) is 5.91 Å². The van der Waals surface area contributed by atoms with Gasteiger partial charge in [-0.15, -0.1) is 0 Å². The summed E-state index contributed by atoms with van der Waals surface area (Å²) < 4.78 is 2.32. The Kier molecular flexibility index (Phi) is 3.79.